The van der Waals surface area contributed by atoms with Gasteiger partial charge in [-0.3, -0.25) is 0 Å². The summed E-state index contributed by atoms with van der Waals surface area (Å²) >= 11 is 0. The lowest BCUT2D eigenvalue weighted by Gasteiger charge is -2.64. The molecule has 2 bridgehead atoms. The second-order valence-corrected chi connectivity index (χ2v) is 5.28. The number of aliphatic hydroxyl groups is 2. The molecule has 3 saturated carbocycles. The van der Waals surface area contributed by atoms with E-state index in [0.717, 1.165) is 12.8 Å². The maximum Gasteiger partial charge on any atom is 0.0910 e. The van der Waals surface area contributed by atoms with E-state index in [1.54, 1.807) is 6.92 Å². The Hall–Kier alpha value is -0.0800. The van der Waals surface area contributed by atoms with E-state index in [1.807, 2.05) is 0 Å². The lowest BCUT2D eigenvalue weighted by Crippen LogP contribution is -2.66. The Balaban J connectivity index is 2.27. The second kappa shape index (κ2) is 2.05. The molecule has 3 aliphatic rings. The van der Waals surface area contributed by atoms with Crippen LogP contribution in [-0.4, -0.2) is 21.9 Å². The molecule has 3 rings (SSSR count). The predicted octanol–water partition coefficient (Wildman–Crippen LogP) is 1.16. The molecule has 2 nitrogen and oxygen atoms in total. The Bertz CT molecular complexity index is 208. The van der Waals surface area contributed by atoms with Crippen molar-refractivity contribution in [3.63, 3.8) is 0 Å². The minimum absolute atomic E-state index is 0.239. The van der Waals surface area contributed by atoms with Crippen LogP contribution in [0.2, 0.25) is 0 Å². The van der Waals surface area contributed by atoms with Crippen molar-refractivity contribution in [2.24, 2.45) is 17.3 Å². The van der Waals surface area contributed by atoms with Gasteiger partial charge in [-0.2, -0.15) is 0 Å². The molecule has 0 aliphatic heterocycles. The van der Waals surface area contributed by atoms with Gasteiger partial charge in [0.2, 0.25) is 0 Å². The van der Waals surface area contributed by atoms with Gasteiger partial charge >= 0.3 is 0 Å². The van der Waals surface area contributed by atoms with Crippen LogP contribution in [0.1, 0.15) is 33.6 Å². The van der Waals surface area contributed by atoms with Crippen LogP contribution in [0.3, 0.4) is 0 Å². The smallest absolute Gasteiger partial charge is 0.0910 e. The van der Waals surface area contributed by atoms with Crippen LogP contribution in [0.15, 0.2) is 0 Å². The molecule has 3 fully saturated rings. The Morgan fingerprint density at radius 2 is 1.75 bits per heavy atom. The highest BCUT2D eigenvalue weighted by atomic mass is 16.3. The van der Waals surface area contributed by atoms with Crippen LogP contribution in [0.4, 0.5) is 0 Å². The molecule has 2 N–H and O–H groups in total. The zero-order valence-electron chi connectivity index (χ0n) is 8.04. The number of fused-ring (bicyclic) bond motifs is 2. The first-order valence-corrected chi connectivity index (χ1v) is 4.77. The van der Waals surface area contributed by atoms with Crippen LogP contribution >= 0.6 is 0 Å². The minimum atomic E-state index is -0.849. The Morgan fingerprint density at radius 3 is 2.08 bits per heavy atom. The number of rotatable bonds is 0. The zero-order valence-corrected chi connectivity index (χ0v) is 8.04. The van der Waals surface area contributed by atoms with E-state index in [-0.39, 0.29) is 5.41 Å². The molecule has 0 aromatic heterocycles. The SMILES string of the molecule is CC1(C)C2CC1[C@@](C)(O)[C@@H](O)C2. The molecule has 70 valence electrons. The molecular weight excluding hydrogens is 152 g/mol. The summed E-state index contributed by atoms with van der Waals surface area (Å²) < 4.78 is 0. The molecular formula is C10H18O2. The topological polar surface area (TPSA) is 40.5 Å². The van der Waals surface area contributed by atoms with E-state index in [4.69, 9.17) is 0 Å². The van der Waals surface area contributed by atoms with Crippen molar-refractivity contribution in [3.8, 4) is 0 Å². The Morgan fingerprint density at radius 1 is 1.17 bits per heavy atom. The highest BCUT2D eigenvalue weighted by Crippen LogP contribution is 2.62. The molecule has 12 heavy (non-hydrogen) atoms. The summed E-state index contributed by atoms with van der Waals surface area (Å²) in [6.45, 7) is 6.18. The first-order valence-electron chi connectivity index (χ1n) is 4.77. The average molecular weight is 170 g/mol. The highest BCUT2D eigenvalue weighted by molar-refractivity contribution is 5.12. The van der Waals surface area contributed by atoms with Gasteiger partial charge in [-0.15, -0.1) is 0 Å². The molecule has 0 aromatic carbocycles. The summed E-state index contributed by atoms with van der Waals surface area (Å²) in [5.74, 6) is 0.913. The average Bonchev–Trinajstić information content (AvgIpc) is 1.93. The molecule has 0 amide bonds. The molecule has 3 aliphatic carbocycles. The van der Waals surface area contributed by atoms with Gasteiger partial charge in [0.05, 0.1) is 11.7 Å². The third-order valence-electron chi connectivity index (χ3n) is 4.36. The van der Waals surface area contributed by atoms with Gasteiger partial charge in [0, 0.05) is 0 Å². The zero-order chi connectivity index (χ0) is 9.15. The van der Waals surface area contributed by atoms with Gasteiger partial charge in [0.1, 0.15) is 0 Å². The predicted molar refractivity (Wildman–Crippen MR) is 46.6 cm³/mol. The molecule has 0 heterocycles. The number of hydrogen-bond acceptors (Lipinski definition) is 2. The monoisotopic (exact) mass is 170 g/mol. The fourth-order valence-electron chi connectivity index (χ4n) is 3.15. The molecule has 0 radical (unpaired) electrons. The largest absolute Gasteiger partial charge is 0.390 e. The molecule has 2 unspecified atom stereocenters. The number of hydrogen-bond donors (Lipinski definition) is 2. The first-order chi connectivity index (χ1) is 5.37. The summed E-state index contributed by atoms with van der Waals surface area (Å²) in [6, 6.07) is 0. The summed E-state index contributed by atoms with van der Waals surface area (Å²) in [7, 11) is 0. The second-order valence-electron chi connectivity index (χ2n) is 5.28. The maximum absolute atomic E-state index is 10.0. The van der Waals surface area contributed by atoms with Crippen molar-refractivity contribution >= 4 is 0 Å². The summed E-state index contributed by atoms with van der Waals surface area (Å²) in [5, 5.41) is 19.7. The van der Waals surface area contributed by atoms with E-state index in [0.29, 0.717) is 11.8 Å². The summed E-state index contributed by atoms with van der Waals surface area (Å²) in [5.41, 5.74) is -0.610. The van der Waals surface area contributed by atoms with Gasteiger partial charge in [-0.05, 0) is 37.0 Å². The van der Waals surface area contributed by atoms with Gasteiger partial charge in [0.25, 0.3) is 0 Å². The molecule has 0 saturated heterocycles. The van der Waals surface area contributed by atoms with Gasteiger partial charge < -0.3 is 10.2 Å². The molecule has 0 spiro atoms. The Kier molecular flexibility index (Phi) is 1.45. The van der Waals surface area contributed by atoms with Crippen molar-refractivity contribution in [3.05, 3.63) is 0 Å². The summed E-state index contributed by atoms with van der Waals surface area (Å²) in [6.07, 6.45) is 1.36. The van der Waals surface area contributed by atoms with Gasteiger partial charge in [-0.1, -0.05) is 13.8 Å². The van der Waals surface area contributed by atoms with Crippen LogP contribution < -0.4 is 0 Å². The van der Waals surface area contributed by atoms with Crippen molar-refractivity contribution < 1.29 is 10.2 Å². The van der Waals surface area contributed by atoms with Crippen molar-refractivity contribution in [1.82, 2.24) is 0 Å². The standard InChI is InChI=1S/C10H18O2/c1-9(2)6-4-7(9)10(3,12)8(11)5-6/h6-8,11-12H,4-5H2,1-3H3/t6?,7?,8-,10+/m0/s1. The van der Waals surface area contributed by atoms with E-state index in [9.17, 15) is 10.2 Å². The van der Waals surface area contributed by atoms with E-state index < -0.39 is 11.7 Å². The van der Waals surface area contributed by atoms with Crippen molar-refractivity contribution in [1.29, 1.82) is 0 Å². The van der Waals surface area contributed by atoms with Crippen LogP contribution in [0, 0.1) is 17.3 Å². The third kappa shape index (κ3) is 0.775. The fraction of sp³-hybridized carbons (Fsp3) is 1.00. The maximum atomic E-state index is 10.0. The van der Waals surface area contributed by atoms with Gasteiger partial charge in [-0.25, -0.2) is 0 Å². The van der Waals surface area contributed by atoms with Crippen LogP contribution in [0.25, 0.3) is 0 Å². The van der Waals surface area contributed by atoms with Crippen LogP contribution in [0.5, 0.6) is 0 Å². The van der Waals surface area contributed by atoms with Crippen molar-refractivity contribution in [2.75, 3.05) is 0 Å². The van der Waals surface area contributed by atoms with Gasteiger partial charge in [0.15, 0.2) is 0 Å². The van der Waals surface area contributed by atoms with E-state index >= 15 is 0 Å². The normalized spacial score (nSPS) is 56.2. The quantitative estimate of drug-likeness (QED) is 0.573. The lowest BCUT2D eigenvalue weighted by molar-refractivity contribution is -0.245. The van der Waals surface area contributed by atoms with Crippen LogP contribution in [-0.2, 0) is 0 Å². The molecule has 0 aromatic rings. The van der Waals surface area contributed by atoms with E-state index in [1.165, 1.54) is 0 Å². The third-order valence-corrected chi connectivity index (χ3v) is 4.36. The first kappa shape index (κ1) is 8.52. The number of aliphatic hydroxyl groups excluding tert-OH is 1. The Labute approximate surface area is 73.6 Å². The minimum Gasteiger partial charge on any atom is -0.390 e. The molecule has 2 heteroatoms. The van der Waals surface area contributed by atoms with Crippen molar-refractivity contribution in [2.45, 2.75) is 45.3 Å². The highest BCUT2D eigenvalue weighted by Gasteiger charge is 2.62. The molecule has 4 atom stereocenters. The lowest BCUT2D eigenvalue weighted by atomic mass is 9.43. The van der Waals surface area contributed by atoms with E-state index in [2.05, 4.69) is 13.8 Å². The fourth-order valence-corrected chi connectivity index (χ4v) is 3.15. The summed E-state index contributed by atoms with van der Waals surface area (Å²) in [4.78, 5) is 0.